The summed E-state index contributed by atoms with van der Waals surface area (Å²) in [6.07, 6.45) is 1.12. The highest BCUT2D eigenvalue weighted by Crippen LogP contribution is 2.31. The number of rotatable bonds is 4. The van der Waals surface area contributed by atoms with Crippen molar-refractivity contribution in [1.82, 2.24) is 4.90 Å². The molecule has 1 aromatic carbocycles. The van der Waals surface area contributed by atoms with Gasteiger partial charge in [0.05, 0.1) is 18.1 Å². The number of halogens is 1. The van der Waals surface area contributed by atoms with Crippen LogP contribution in [0.5, 0.6) is 5.75 Å². The summed E-state index contributed by atoms with van der Waals surface area (Å²) in [7, 11) is 1.62. The van der Waals surface area contributed by atoms with E-state index in [4.69, 9.17) is 4.74 Å². The molecule has 0 radical (unpaired) electrons. The van der Waals surface area contributed by atoms with Crippen LogP contribution in [0.3, 0.4) is 0 Å². The normalized spacial score (nSPS) is 19.0. The molecule has 1 aliphatic heterocycles. The topological polar surface area (TPSA) is 29.5 Å². The van der Waals surface area contributed by atoms with Crippen LogP contribution in [-0.4, -0.2) is 47.9 Å². The Kier molecular flexibility index (Phi) is 5.74. The van der Waals surface area contributed by atoms with Crippen molar-refractivity contribution in [3.63, 3.8) is 0 Å². The molecule has 116 valence electrons. The third-order valence-corrected chi connectivity index (χ3v) is 5.76. The molecule has 0 saturated carbocycles. The number of benzene rings is 1. The predicted molar refractivity (Wildman–Crippen MR) is 92.6 cm³/mol. The third-order valence-electron chi connectivity index (χ3n) is 3.77. The Balaban J connectivity index is 1.99. The molecule has 1 aromatic rings. The molecule has 0 spiro atoms. The lowest BCUT2D eigenvalue weighted by atomic mass is 10.1. The molecule has 1 heterocycles. The van der Waals surface area contributed by atoms with E-state index in [1.54, 1.807) is 7.11 Å². The van der Waals surface area contributed by atoms with Crippen LogP contribution in [0.1, 0.15) is 30.6 Å². The van der Waals surface area contributed by atoms with Gasteiger partial charge in [-0.15, -0.1) is 0 Å². The van der Waals surface area contributed by atoms with Crippen LogP contribution in [0.25, 0.3) is 0 Å². The van der Waals surface area contributed by atoms with Gasteiger partial charge in [0, 0.05) is 22.6 Å². The number of ketones is 1. The number of nitrogens with zero attached hydrogens (tertiary/aromatic N) is 1. The van der Waals surface area contributed by atoms with Crippen LogP contribution in [0.2, 0.25) is 0 Å². The van der Waals surface area contributed by atoms with Gasteiger partial charge in [0.25, 0.3) is 0 Å². The number of ether oxygens (including phenoxy) is 1. The molecule has 2 rings (SSSR count). The van der Waals surface area contributed by atoms with E-state index in [2.05, 4.69) is 34.7 Å². The minimum atomic E-state index is 0.169. The van der Waals surface area contributed by atoms with Crippen LogP contribution >= 0.6 is 27.7 Å². The number of thioether (sulfide) groups is 1. The second kappa shape index (κ2) is 7.16. The van der Waals surface area contributed by atoms with Gasteiger partial charge in [-0.1, -0.05) is 13.8 Å². The standard InChI is InChI=1S/C16H22BrNO2S/c1-16(2)6-7-18(8-9-21-16)11-14(19)12-4-5-15(20-3)13(17)10-12/h4-5,10H,6-9,11H2,1-3H3. The summed E-state index contributed by atoms with van der Waals surface area (Å²) >= 11 is 5.43. The lowest BCUT2D eigenvalue weighted by Crippen LogP contribution is -2.32. The van der Waals surface area contributed by atoms with Crippen molar-refractivity contribution in [3.8, 4) is 5.75 Å². The van der Waals surface area contributed by atoms with Crippen molar-refractivity contribution in [2.75, 3.05) is 32.5 Å². The molecule has 0 aliphatic carbocycles. The zero-order valence-corrected chi connectivity index (χ0v) is 15.2. The molecule has 21 heavy (non-hydrogen) atoms. The highest BCUT2D eigenvalue weighted by molar-refractivity contribution is 9.10. The third kappa shape index (κ3) is 4.73. The zero-order chi connectivity index (χ0) is 15.5. The first-order chi connectivity index (χ1) is 9.91. The Morgan fingerprint density at radius 2 is 2.19 bits per heavy atom. The summed E-state index contributed by atoms with van der Waals surface area (Å²) in [6, 6.07) is 5.51. The molecular weight excluding hydrogens is 350 g/mol. The van der Waals surface area contributed by atoms with Crippen molar-refractivity contribution < 1.29 is 9.53 Å². The average molecular weight is 372 g/mol. The van der Waals surface area contributed by atoms with Crippen molar-refractivity contribution >= 4 is 33.5 Å². The minimum absolute atomic E-state index is 0.169. The average Bonchev–Trinajstić information content (AvgIpc) is 2.60. The first kappa shape index (κ1) is 16.8. The first-order valence-corrected chi connectivity index (χ1v) is 8.92. The molecule has 3 nitrogen and oxygen atoms in total. The van der Waals surface area contributed by atoms with E-state index in [9.17, 15) is 4.79 Å². The maximum atomic E-state index is 12.4. The Morgan fingerprint density at radius 3 is 2.86 bits per heavy atom. The van der Waals surface area contributed by atoms with E-state index in [0.717, 1.165) is 41.0 Å². The Hall–Kier alpha value is -0.520. The minimum Gasteiger partial charge on any atom is -0.496 e. The van der Waals surface area contributed by atoms with Crippen LogP contribution < -0.4 is 4.74 Å². The number of hydrogen-bond acceptors (Lipinski definition) is 4. The van der Waals surface area contributed by atoms with Crippen molar-refractivity contribution in [2.24, 2.45) is 0 Å². The largest absolute Gasteiger partial charge is 0.496 e. The molecule has 0 aromatic heterocycles. The SMILES string of the molecule is COc1ccc(C(=O)CN2CCSC(C)(C)CC2)cc1Br. The molecule has 1 aliphatic rings. The second-order valence-corrected chi connectivity index (χ2v) is 8.56. The molecule has 0 N–H and O–H groups in total. The summed E-state index contributed by atoms with van der Waals surface area (Å²) in [5.41, 5.74) is 0.735. The zero-order valence-electron chi connectivity index (χ0n) is 12.8. The van der Waals surface area contributed by atoms with Gasteiger partial charge in [-0.2, -0.15) is 11.8 Å². The van der Waals surface area contributed by atoms with Crippen LogP contribution in [0.4, 0.5) is 0 Å². The van der Waals surface area contributed by atoms with E-state index >= 15 is 0 Å². The first-order valence-electron chi connectivity index (χ1n) is 7.14. The van der Waals surface area contributed by atoms with Gasteiger partial charge < -0.3 is 4.74 Å². The number of carbonyl (C=O) groups excluding carboxylic acids is 1. The van der Waals surface area contributed by atoms with Crippen molar-refractivity contribution in [3.05, 3.63) is 28.2 Å². The monoisotopic (exact) mass is 371 g/mol. The molecule has 1 fully saturated rings. The number of methoxy groups -OCH3 is 1. The molecular formula is C16H22BrNO2S. The van der Waals surface area contributed by atoms with Crippen LogP contribution in [-0.2, 0) is 0 Å². The lowest BCUT2D eigenvalue weighted by molar-refractivity contribution is 0.0933. The Bertz CT molecular complexity index is 519. The van der Waals surface area contributed by atoms with Crippen molar-refractivity contribution in [1.29, 1.82) is 0 Å². The lowest BCUT2D eigenvalue weighted by Gasteiger charge is -2.22. The quantitative estimate of drug-likeness (QED) is 0.751. The summed E-state index contributed by atoms with van der Waals surface area (Å²) in [5.74, 6) is 2.01. The van der Waals surface area contributed by atoms with E-state index in [1.807, 2.05) is 30.0 Å². The molecule has 0 bridgehead atoms. The fourth-order valence-electron chi connectivity index (χ4n) is 2.35. The van der Waals surface area contributed by atoms with E-state index in [0.29, 0.717) is 11.3 Å². The molecule has 0 amide bonds. The molecule has 0 atom stereocenters. The van der Waals surface area contributed by atoms with Gasteiger partial charge in [0.1, 0.15) is 5.75 Å². The highest BCUT2D eigenvalue weighted by Gasteiger charge is 2.24. The maximum absolute atomic E-state index is 12.4. The summed E-state index contributed by atoms with van der Waals surface area (Å²) in [5, 5.41) is 0. The van der Waals surface area contributed by atoms with Crippen LogP contribution in [0.15, 0.2) is 22.7 Å². The molecule has 5 heteroatoms. The van der Waals surface area contributed by atoms with Crippen LogP contribution in [0, 0.1) is 0 Å². The van der Waals surface area contributed by atoms with Gasteiger partial charge in [-0.05, 0) is 47.1 Å². The Morgan fingerprint density at radius 1 is 1.43 bits per heavy atom. The van der Waals surface area contributed by atoms with Gasteiger partial charge >= 0.3 is 0 Å². The van der Waals surface area contributed by atoms with Gasteiger partial charge in [-0.3, -0.25) is 9.69 Å². The van der Waals surface area contributed by atoms with Gasteiger partial charge in [0.2, 0.25) is 0 Å². The summed E-state index contributed by atoms with van der Waals surface area (Å²) < 4.78 is 6.34. The smallest absolute Gasteiger partial charge is 0.176 e. The number of hydrogen-bond donors (Lipinski definition) is 0. The summed E-state index contributed by atoms with van der Waals surface area (Å²) in [6.45, 7) is 7.03. The second-order valence-electron chi connectivity index (χ2n) is 5.91. The fourth-order valence-corrected chi connectivity index (χ4v) is 4.03. The van der Waals surface area contributed by atoms with E-state index < -0.39 is 0 Å². The Labute approximate surface area is 139 Å². The van der Waals surface area contributed by atoms with E-state index in [1.165, 1.54) is 0 Å². The van der Waals surface area contributed by atoms with Gasteiger partial charge in [0.15, 0.2) is 5.78 Å². The maximum Gasteiger partial charge on any atom is 0.176 e. The summed E-state index contributed by atoms with van der Waals surface area (Å²) in [4.78, 5) is 14.7. The highest BCUT2D eigenvalue weighted by atomic mass is 79.9. The van der Waals surface area contributed by atoms with E-state index in [-0.39, 0.29) is 5.78 Å². The van der Waals surface area contributed by atoms with Gasteiger partial charge in [-0.25, -0.2) is 0 Å². The fraction of sp³-hybridized carbons (Fsp3) is 0.562. The predicted octanol–water partition coefficient (Wildman–Crippen LogP) is 3.86. The number of carbonyl (C=O) groups is 1. The molecule has 0 unspecified atom stereocenters. The number of Topliss-reactive ketones (excluding diaryl/α,β-unsaturated/α-hetero) is 1. The molecule has 1 saturated heterocycles. The van der Waals surface area contributed by atoms with Crippen molar-refractivity contribution in [2.45, 2.75) is 25.0 Å².